The van der Waals surface area contributed by atoms with Gasteiger partial charge in [-0.2, -0.15) is 0 Å². The van der Waals surface area contributed by atoms with E-state index in [1.807, 2.05) is 13.8 Å². The van der Waals surface area contributed by atoms with E-state index in [0.29, 0.717) is 5.56 Å². The average Bonchev–Trinajstić information content (AvgIpc) is 2.52. The van der Waals surface area contributed by atoms with Gasteiger partial charge in [0.1, 0.15) is 6.10 Å². The Labute approximate surface area is 127 Å². The van der Waals surface area contributed by atoms with E-state index in [-0.39, 0.29) is 5.75 Å². The molecule has 0 aliphatic heterocycles. The number of ether oxygens (including phenoxy) is 1. The number of halogens is 1. The Hall–Kier alpha value is -1.13. The number of nitrogens with zero attached hydrogens (tertiary/aromatic N) is 1. The number of hydrogen-bond donors (Lipinski definition) is 1. The largest absolute Gasteiger partial charge is 0.494 e. The Balaban J connectivity index is 3.32. The number of hydrogen-bond acceptors (Lipinski definition) is 3. The minimum Gasteiger partial charge on any atom is -0.494 e. The second-order valence-electron chi connectivity index (χ2n) is 5.25. The Bertz CT molecular complexity index is 442. The first kappa shape index (κ1) is 17.9. The molecule has 1 aromatic carbocycles. The van der Waals surface area contributed by atoms with Crippen LogP contribution in [0.1, 0.15) is 52.2 Å². The van der Waals surface area contributed by atoms with E-state index in [0.717, 1.165) is 25.9 Å². The average molecular weight is 297 g/mol. The highest BCUT2D eigenvalue weighted by Gasteiger charge is 2.41. The highest BCUT2D eigenvalue weighted by Crippen LogP contribution is 2.39. The molecule has 1 N–H and O–H groups in total. The van der Waals surface area contributed by atoms with E-state index in [2.05, 4.69) is 18.7 Å². The molecule has 0 saturated carbocycles. The molecule has 1 unspecified atom stereocenters. The van der Waals surface area contributed by atoms with E-state index < -0.39 is 17.5 Å². The Morgan fingerprint density at radius 2 is 1.76 bits per heavy atom. The third-order valence-electron chi connectivity index (χ3n) is 4.63. The van der Waals surface area contributed by atoms with E-state index in [1.54, 1.807) is 18.2 Å². The van der Waals surface area contributed by atoms with Crippen LogP contribution < -0.4 is 4.74 Å². The van der Waals surface area contributed by atoms with Crippen LogP contribution in [0, 0.1) is 5.82 Å². The van der Waals surface area contributed by atoms with Gasteiger partial charge in [0.15, 0.2) is 11.6 Å². The molecule has 120 valence electrons. The smallest absolute Gasteiger partial charge is 0.170 e. The molecular formula is C17H28FNO2. The van der Waals surface area contributed by atoms with Crippen LogP contribution in [-0.4, -0.2) is 35.7 Å². The van der Waals surface area contributed by atoms with Crippen LogP contribution in [0.3, 0.4) is 0 Å². The quantitative estimate of drug-likeness (QED) is 0.793. The van der Waals surface area contributed by atoms with E-state index in [4.69, 9.17) is 4.74 Å². The highest BCUT2D eigenvalue weighted by atomic mass is 19.1. The van der Waals surface area contributed by atoms with Crippen LogP contribution in [0.25, 0.3) is 0 Å². The van der Waals surface area contributed by atoms with Gasteiger partial charge in [-0.05, 0) is 32.0 Å². The summed E-state index contributed by atoms with van der Waals surface area (Å²) in [6, 6.07) is 4.94. The lowest BCUT2D eigenvalue weighted by molar-refractivity contribution is -0.0383. The summed E-state index contributed by atoms with van der Waals surface area (Å²) in [6.45, 7) is 9.87. The summed E-state index contributed by atoms with van der Waals surface area (Å²) in [6.07, 6.45) is 0.619. The molecule has 0 aliphatic carbocycles. The molecule has 0 heterocycles. The third kappa shape index (κ3) is 3.22. The SMILES string of the molecule is CCN(CC)C(CC)(CC)C(O)c1cccc(OC)c1F. The molecule has 1 rings (SSSR count). The van der Waals surface area contributed by atoms with E-state index in [9.17, 15) is 9.50 Å². The van der Waals surface area contributed by atoms with Crippen molar-refractivity contribution in [2.24, 2.45) is 0 Å². The molecule has 0 aromatic heterocycles. The van der Waals surface area contributed by atoms with Crippen LogP contribution in [0.5, 0.6) is 5.75 Å². The standard InChI is InChI=1S/C17H28FNO2/c1-6-17(7-2,19(8-3)9-4)16(20)13-11-10-12-14(21-5)15(13)18/h10-12,16,20H,6-9H2,1-5H3. The van der Waals surface area contributed by atoms with Gasteiger partial charge in [-0.15, -0.1) is 0 Å². The van der Waals surface area contributed by atoms with E-state index >= 15 is 0 Å². The molecule has 0 radical (unpaired) electrons. The number of likely N-dealkylation sites (N-methyl/N-ethyl adjacent to an activating group) is 1. The van der Waals surface area contributed by atoms with Gasteiger partial charge in [0, 0.05) is 5.56 Å². The monoisotopic (exact) mass is 297 g/mol. The lowest BCUT2D eigenvalue weighted by Gasteiger charge is -2.46. The zero-order valence-electron chi connectivity index (χ0n) is 13.8. The number of aliphatic hydroxyl groups is 1. The second-order valence-corrected chi connectivity index (χ2v) is 5.25. The number of rotatable bonds is 8. The Morgan fingerprint density at radius 1 is 1.19 bits per heavy atom. The molecule has 1 atom stereocenters. The summed E-state index contributed by atoms with van der Waals surface area (Å²) in [4.78, 5) is 2.22. The van der Waals surface area contributed by atoms with E-state index in [1.165, 1.54) is 7.11 Å². The molecule has 0 saturated heterocycles. The lowest BCUT2D eigenvalue weighted by atomic mass is 9.80. The van der Waals surface area contributed by atoms with Crippen molar-refractivity contribution >= 4 is 0 Å². The van der Waals surface area contributed by atoms with Gasteiger partial charge in [-0.3, -0.25) is 4.90 Å². The first-order valence-corrected chi connectivity index (χ1v) is 7.77. The minimum atomic E-state index is -0.887. The fourth-order valence-electron chi connectivity index (χ4n) is 3.30. The first-order chi connectivity index (χ1) is 10.0. The number of aliphatic hydroxyl groups excluding tert-OH is 1. The molecule has 4 heteroatoms. The maximum atomic E-state index is 14.5. The lowest BCUT2D eigenvalue weighted by Crippen LogP contribution is -2.52. The van der Waals surface area contributed by atoms with Crippen molar-refractivity contribution in [3.63, 3.8) is 0 Å². The van der Waals surface area contributed by atoms with Crippen LogP contribution in [0.2, 0.25) is 0 Å². The van der Waals surface area contributed by atoms with Crippen LogP contribution in [-0.2, 0) is 0 Å². The topological polar surface area (TPSA) is 32.7 Å². The van der Waals surface area contributed by atoms with Gasteiger partial charge in [0.05, 0.1) is 12.6 Å². The predicted molar refractivity (Wildman–Crippen MR) is 84.1 cm³/mol. The summed E-state index contributed by atoms with van der Waals surface area (Å²) in [5.74, 6) is -0.293. The first-order valence-electron chi connectivity index (χ1n) is 7.77. The third-order valence-corrected chi connectivity index (χ3v) is 4.63. The van der Waals surface area contributed by atoms with Crippen molar-refractivity contribution in [2.75, 3.05) is 20.2 Å². The molecule has 0 bridgehead atoms. The second kappa shape index (κ2) is 7.76. The van der Waals surface area contributed by atoms with Crippen LogP contribution in [0.15, 0.2) is 18.2 Å². The maximum Gasteiger partial charge on any atom is 0.170 e. The molecule has 21 heavy (non-hydrogen) atoms. The fraction of sp³-hybridized carbons (Fsp3) is 0.647. The van der Waals surface area contributed by atoms with Gasteiger partial charge in [-0.25, -0.2) is 4.39 Å². The van der Waals surface area contributed by atoms with Gasteiger partial charge >= 0.3 is 0 Å². The minimum absolute atomic E-state index is 0.173. The summed E-state index contributed by atoms with van der Waals surface area (Å²) in [5.41, 5.74) is -0.151. The maximum absolute atomic E-state index is 14.5. The summed E-state index contributed by atoms with van der Waals surface area (Å²) >= 11 is 0. The highest BCUT2D eigenvalue weighted by molar-refractivity contribution is 5.34. The van der Waals surface area contributed by atoms with Crippen LogP contribution >= 0.6 is 0 Å². The van der Waals surface area contributed by atoms with Crippen molar-refractivity contribution < 1.29 is 14.2 Å². The van der Waals surface area contributed by atoms with Crippen molar-refractivity contribution in [2.45, 2.75) is 52.2 Å². The summed E-state index contributed by atoms with van der Waals surface area (Å²) in [5, 5.41) is 10.9. The van der Waals surface area contributed by atoms with Gasteiger partial charge in [0.25, 0.3) is 0 Å². The molecular weight excluding hydrogens is 269 g/mol. The predicted octanol–water partition coefficient (Wildman–Crippen LogP) is 3.77. The molecule has 0 fully saturated rings. The van der Waals surface area contributed by atoms with Crippen molar-refractivity contribution in [3.05, 3.63) is 29.6 Å². The van der Waals surface area contributed by atoms with Crippen molar-refractivity contribution in [1.82, 2.24) is 4.90 Å². The fourth-order valence-corrected chi connectivity index (χ4v) is 3.30. The molecule has 0 aliphatic rings. The number of benzene rings is 1. The Kier molecular flexibility index (Phi) is 6.62. The zero-order valence-corrected chi connectivity index (χ0v) is 13.8. The molecule has 0 spiro atoms. The van der Waals surface area contributed by atoms with Crippen LogP contribution in [0.4, 0.5) is 4.39 Å². The zero-order chi connectivity index (χ0) is 16.0. The van der Waals surface area contributed by atoms with Crippen molar-refractivity contribution in [1.29, 1.82) is 0 Å². The van der Waals surface area contributed by atoms with Gasteiger partial charge in [-0.1, -0.05) is 39.8 Å². The van der Waals surface area contributed by atoms with Gasteiger partial charge < -0.3 is 9.84 Å². The van der Waals surface area contributed by atoms with Gasteiger partial charge in [0.2, 0.25) is 0 Å². The summed E-state index contributed by atoms with van der Waals surface area (Å²) in [7, 11) is 1.44. The Morgan fingerprint density at radius 3 is 2.19 bits per heavy atom. The van der Waals surface area contributed by atoms with Crippen molar-refractivity contribution in [3.8, 4) is 5.75 Å². The number of methoxy groups -OCH3 is 1. The molecule has 1 aromatic rings. The molecule has 0 amide bonds. The molecule has 3 nitrogen and oxygen atoms in total. The normalized spacial score (nSPS) is 13.5. The summed E-state index contributed by atoms with van der Waals surface area (Å²) < 4.78 is 19.5.